The molecule has 0 unspecified atom stereocenters. The summed E-state index contributed by atoms with van der Waals surface area (Å²) in [7, 11) is 1.98. The van der Waals surface area contributed by atoms with Gasteiger partial charge in [0.1, 0.15) is 0 Å². The monoisotopic (exact) mass is 657 g/mol. The number of carboxylic acids is 1. The summed E-state index contributed by atoms with van der Waals surface area (Å²) in [6, 6.07) is 24.3. The summed E-state index contributed by atoms with van der Waals surface area (Å²) >= 11 is 1.67. The molecule has 248 valence electrons. The van der Waals surface area contributed by atoms with Crippen LogP contribution >= 0.6 is 11.8 Å². The Kier molecular flexibility index (Phi) is 12.6. The fourth-order valence-electron chi connectivity index (χ4n) is 5.61. The zero-order valence-corrected chi connectivity index (χ0v) is 27.5. The summed E-state index contributed by atoms with van der Waals surface area (Å²) in [4.78, 5) is 27.5. The van der Waals surface area contributed by atoms with Gasteiger partial charge in [0.25, 0.3) is 0 Å². The van der Waals surface area contributed by atoms with Crippen molar-refractivity contribution in [2.75, 3.05) is 5.75 Å². The van der Waals surface area contributed by atoms with E-state index in [1.54, 1.807) is 18.0 Å². The molecule has 1 aliphatic heterocycles. The van der Waals surface area contributed by atoms with Gasteiger partial charge in [0.05, 0.1) is 18.8 Å². The van der Waals surface area contributed by atoms with Gasteiger partial charge in [-0.2, -0.15) is 0 Å². The minimum atomic E-state index is -0.775. The number of imidazole rings is 1. The maximum Gasteiger partial charge on any atom is 0.303 e. The summed E-state index contributed by atoms with van der Waals surface area (Å²) in [5.41, 5.74) is 5.90. The first-order chi connectivity index (χ1) is 22.9. The quantitative estimate of drug-likeness (QED) is 0.0874. The number of aliphatic carboxylic acids is 1. The van der Waals surface area contributed by atoms with Gasteiger partial charge < -0.3 is 29.6 Å². The molecule has 47 heavy (non-hydrogen) atoms. The molecule has 3 atom stereocenters. The number of unbranched alkanes of at least 4 members (excludes halogenated alkanes) is 3. The van der Waals surface area contributed by atoms with E-state index in [0.29, 0.717) is 25.8 Å². The van der Waals surface area contributed by atoms with E-state index in [4.69, 9.17) is 14.6 Å². The molecule has 0 aliphatic carbocycles. The van der Waals surface area contributed by atoms with E-state index in [9.17, 15) is 14.7 Å². The number of hydrogen-bond acceptors (Lipinski definition) is 7. The standard InChI is InChI=1S/C37H43N3O6S/c1-40-19-18-38-37(40)47-25-32-22-33(28-16-14-26(24-41)15-17-28)46-36(45-32)31-11-7-10-30(21-31)29-9-6-8-27(20-29)23-39-34(42)12-4-2-3-5-13-35(43)44/h6-11,14-21,32-33,36,41H,2-5,12-13,22-25H2,1H3,(H,39,42)(H,43,44)/t32-,33+,36+/m0/s1. The first kappa shape index (κ1) is 34.4. The van der Waals surface area contributed by atoms with Crippen molar-refractivity contribution < 1.29 is 29.3 Å². The summed E-state index contributed by atoms with van der Waals surface area (Å²) in [6.45, 7) is 0.435. The largest absolute Gasteiger partial charge is 0.481 e. The number of carboxylic acid groups (broad SMARTS) is 1. The second-order valence-corrected chi connectivity index (χ2v) is 12.9. The number of benzene rings is 3. The lowest BCUT2D eigenvalue weighted by Crippen LogP contribution is -2.31. The van der Waals surface area contributed by atoms with Gasteiger partial charge in [-0.15, -0.1) is 0 Å². The third-order valence-electron chi connectivity index (χ3n) is 8.24. The number of nitrogens with zero attached hydrogens (tertiary/aromatic N) is 2. The van der Waals surface area contributed by atoms with Gasteiger partial charge in [0.2, 0.25) is 5.91 Å². The van der Waals surface area contributed by atoms with Crippen LogP contribution in [0.15, 0.2) is 90.3 Å². The molecule has 0 spiro atoms. The number of rotatable bonds is 16. The molecule has 1 amide bonds. The molecule has 3 aromatic carbocycles. The molecule has 10 heteroatoms. The Bertz CT molecular complexity index is 1610. The number of thioether (sulfide) groups is 1. The number of aromatic nitrogens is 2. The second-order valence-electron chi connectivity index (χ2n) is 11.9. The van der Waals surface area contributed by atoms with Gasteiger partial charge in [-0.1, -0.05) is 85.3 Å². The highest BCUT2D eigenvalue weighted by atomic mass is 32.2. The number of carbonyl (C=O) groups excluding carboxylic acids is 1. The van der Waals surface area contributed by atoms with Crippen LogP contribution in [0, 0.1) is 0 Å². The van der Waals surface area contributed by atoms with E-state index in [1.165, 1.54) is 0 Å². The number of ether oxygens (including phenoxy) is 2. The fraction of sp³-hybridized carbons (Fsp3) is 0.378. The van der Waals surface area contributed by atoms with E-state index < -0.39 is 12.3 Å². The molecule has 1 fully saturated rings. The topological polar surface area (TPSA) is 123 Å². The van der Waals surface area contributed by atoms with Crippen LogP contribution in [0.1, 0.15) is 79.6 Å². The smallest absolute Gasteiger partial charge is 0.303 e. The van der Waals surface area contributed by atoms with Crippen molar-refractivity contribution in [3.05, 3.63) is 107 Å². The average Bonchev–Trinajstić information content (AvgIpc) is 3.52. The molecule has 9 nitrogen and oxygen atoms in total. The molecule has 1 saturated heterocycles. The minimum Gasteiger partial charge on any atom is -0.481 e. The Morgan fingerprint density at radius 1 is 0.915 bits per heavy atom. The normalized spacial score (nSPS) is 17.8. The zero-order valence-electron chi connectivity index (χ0n) is 26.7. The highest BCUT2D eigenvalue weighted by Gasteiger charge is 2.32. The van der Waals surface area contributed by atoms with E-state index in [2.05, 4.69) is 34.6 Å². The van der Waals surface area contributed by atoms with Gasteiger partial charge >= 0.3 is 5.97 Å². The van der Waals surface area contributed by atoms with E-state index in [0.717, 1.165) is 63.6 Å². The molecule has 0 bridgehead atoms. The minimum absolute atomic E-state index is 0.00147. The highest BCUT2D eigenvalue weighted by Crippen LogP contribution is 2.40. The van der Waals surface area contributed by atoms with Crippen LogP contribution in [0.25, 0.3) is 11.1 Å². The molecule has 5 rings (SSSR count). The number of aliphatic hydroxyl groups is 1. The van der Waals surface area contributed by atoms with Crippen LogP contribution in [-0.2, 0) is 39.3 Å². The van der Waals surface area contributed by atoms with Gasteiger partial charge in [0, 0.05) is 56.6 Å². The van der Waals surface area contributed by atoms with Crippen molar-refractivity contribution in [2.45, 2.75) is 81.8 Å². The van der Waals surface area contributed by atoms with E-state index >= 15 is 0 Å². The Hall–Kier alpha value is -3.96. The maximum atomic E-state index is 12.4. The number of aryl methyl sites for hydroxylation is 1. The first-order valence-corrected chi connectivity index (χ1v) is 17.1. The molecule has 0 saturated carbocycles. The number of aliphatic hydroxyl groups excluding tert-OH is 1. The van der Waals surface area contributed by atoms with Gasteiger partial charge in [0.15, 0.2) is 11.4 Å². The number of hydrogen-bond donors (Lipinski definition) is 3. The molecule has 0 radical (unpaired) electrons. The molecular formula is C37H43N3O6S. The molecule has 1 aliphatic rings. The predicted octanol–water partition coefficient (Wildman–Crippen LogP) is 6.96. The van der Waals surface area contributed by atoms with Gasteiger partial charge in [-0.05, 0) is 52.8 Å². The average molecular weight is 658 g/mol. The van der Waals surface area contributed by atoms with Crippen molar-refractivity contribution in [3.8, 4) is 11.1 Å². The Morgan fingerprint density at radius 3 is 2.38 bits per heavy atom. The number of amides is 1. The highest BCUT2D eigenvalue weighted by molar-refractivity contribution is 7.99. The number of nitrogens with one attached hydrogen (secondary N) is 1. The lowest BCUT2D eigenvalue weighted by molar-refractivity contribution is -0.245. The third-order valence-corrected chi connectivity index (χ3v) is 9.43. The Labute approximate surface area is 280 Å². The fourth-order valence-corrected chi connectivity index (χ4v) is 6.56. The lowest BCUT2D eigenvalue weighted by atomic mass is 9.99. The number of carbonyl (C=O) groups is 2. The molecular weight excluding hydrogens is 614 g/mol. The summed E-state index contributed by atoms with van der Waals surface area (Å²) in [5.74, 6) is -0.0464. The van der Waals surface area contributed by atoms with E-state index in [1.807, 2.05) is 66.3 Å². The van der Waals surface area contributed by atoms with Crippen LogP contribution in [0.4, 0.5) is 0 Å². The van der Waals surface area contributed by atoms with Crippen LogP contribution < -0.4 is 5.32 Å². The zero-order chi connectivity index (χ0) is 33.0. The Balaban J connectivity index is 1.24. The molecule has 1 aromatic heterocycles. The summed E-state index contributed by atoms with van der Waals surface area (Å²) < 4.78 is 15.1. The van der Waals surface area contributed by atoms with Crippen molar-refractivity contribution in [3.63, 3.8) is 0 Å². The first-order valence-electron chi connectivity index (χ1n) is 16.2. The van der Waals surface area contributed by atoms with Crippen LogP contribution in [0.3, 0.4) is 0 Å². The van der Waals surface area contributed by atoms with Crippen molar-refractivity contribution in [2.24, 2.45) is 7.05 Å². The van der Waals surface area contributed by atoms with Crippen LogP contribution in [0.2, 0.25) is 0 Å². The summed E-state index contributed by atoms with van der Waals surface area (Å²) in [6.07, 6.45) is 7.31. The van der Waals surface area contributed by atoms with Crippen molar-refractivity contribution >= 4 is 23.6 Å². The SMILES string of the molecule is Cn1ccnc1SC[C@@H]1C[C@H](c2ccc(CO)cc2)O[C@H](c2cccc(-c3cccc(CNC(=O)CCCCCCC(=O)O)c3)c2)O1. The van der Waals surface area contributed by atoms with Gasteiger partial charge in [-0.3, -0.25) is 9.59 Å². The van der Waals surface area contributed by atoms with Crippen LogP contribution in [-0.4, -0.2) is 43.5 Å². The van der Waals surface area contributed by atoms with Crippen LogP contribution in [0.5, 0.6) is 0 Å². The maximum absolute atomic E-state index is 12.4. The van der Waals surface area contributed by atoms with Crippen molar-refractivity contribution in [1.29, 1.82) is 0 Å². The van der Waals surface area contributed by atoms with Gasteiger partial charge in [-0.25, -0.2) is 4.98 Å². The third kappa shape index (κ3) is 10.3. The Morgan fingerprint density at radius 2 is 1.66 bits per heavy atom. The summed E-state index contributed by atoms with van der Waals surface area (Å²) in [5, 5.41) is 22.2. The lowest BCUT2D eigenvalue weighted by Gasteiger charge is -2.36. The van der Waals surface area contributed by atoms with E-state index in [-0.39, 0.29) is 31.1 Å². The second kappa shape index (κ2) is 17.3. The molecule has 2 heterocycles. The molecule has 4 aromatic rings. The molecule has 3 N–H and O–H groups in total. The predicted molar refractivity (Wildman–Crippen MR) is 181 cm³/mol. The van der Waals surface area contributed by atoms with Crippen molar-refractivity contribution in [1.82, 2.24) is 14.9 Å².